The Morgan fingerprint density at radius 2 is 2.24 bits per heavy atom. The Morgan fingerprint density at radius 1 is 1.53 bits per heavy atom. The molecule has 4 heteroatoms. The number of aryl methyl sites for hydroxylation is 1. The second-order valence-corrected chi connectivity index (χ2v) is 6.98. The minimum atomic E-state index is -0.170. The number of hydrazine groups is 1. The Hall–Kier alpha value is -0.870. The molecule has 1 heterocycles. The first-order chi connectivity index (χ1) is 7.91. The predicted molar refractivity (Wildman–Crippen MR) is 70.9 cm³/mol. The van der Waals surface area contributed by atoms with E-state index in [2.05, 4.69) is 26.2 Å². The number of carbonyl (C=O) groups excluding carboxylic acids is 1. The van der Waals surface area contributed by atoms with Crippen LogP contribution >= 0.6 is 11.3 Å². The number of nitrogens with two attached hydrogens (primary N) is 1. The van der Waals surface area contributed by atoms with E-state index in [1.165, 1.54) is 16.9 Å². The van der Waals surface area contributed by atoms with Crippen LogP contribution in [0.25, 0.3) is 0 Å². The van der Waals surface area contributed by atoms with E-state index in [0.29, 0.717) is 11.3 Å². The maximum atomic E-state index is 11.5. The molecule has 17 heavy (non-hydrogen) atoms. The minimum absolute atomic E-state index is 0.170. The highest BCUT2D eigenvalue weighted by Crippen LogP contribution is 2.40. The molecule has 1 atom stereocenters. The molecule has 0 bridgehead atoms. The third kappa shape index (κ3) is 2.53. The molecule has 3 nitrogen and oxygen atoms in total. The third-order valence-corrected chi connectivity index (χ3v) is 4.87. The van der Waals surface area contributed by atoms with Crippen LogP contribution in [0.1, 0.15) is 47.3 Å². The Bertz CT molecular complexity index is 431. The van der Waals surface area contributed by atoms with Crippen molar-refractivity contribution in [3.63, 3.8) is 0 Å². The lowest BCUT2D eigenvalue weighted by molar-refractivity contribution is 0.0957. The highest BCUT2D eigenvalue weighted by molar-refractivity contribution is 7.14. The smallest absolute Gasteiger partial charge is 0.275 e. The monoisotopic (exact) mass is 252 g/mol. The van der Waals surface area contributed by atoms with Crippen molar-refractivity contribution in [1.82, 2.24) is 5.43 Å². The van der Waals surface area contributed by atoms with Crippen LogP contribution in [0.2, 0.25) is 0 Å². The van der Waals surface area contributed by atoms with E-state index in [9.17, 15) is 4.79 Å². The van der Waals surface area contributed by atoms with Crippen LogP contribution in [-0.4, -0.2) is 5.91 Å². The van der Waals surface area contributed by atoms with Gasteiger partial charge in [0, 0.05) is 4.88 Å². The van der Waals surface area contributed by atoms with Crippen LogP contribution in [0.3, 0.4) is 0 Å². The molecule has 0 aliphatic heterocycles. The lowest BCUT2D eigenvalue weighted by Crippen LogP contribution is -2.29. The number of thiophene rings is 1. The van der Waals surface area contributed by atoms with E-state index >= 15 is 0 Å². The summed E-state index contributed by atoms with van der Waals surface area (Å²) in [4.78, 5) is 13.6. The minimum Gasteiger partial charge on any atom is -0.289 e. The number of amides is 1. The molecule has 0 unspecified atom stereocenters. The van der Waals surface area contributed by atoms with E-state index < -0.39 is 0 Å². The van der Waals surface area contributed by atoms with Gasteiger partial charge in [-0.2, -0.15) is 0 Å². The van der Waals surface area contributed by atoms with E-state index in [0.717, 1.165) is 17.7 Å². The van der Waals surface area contributed by atoms with Gasteiger partial charge < -0.3 is 0 Å². The Morgan fingerprint density at radius 3 is 2.82 bits per heavy atom. The van der Waals surface area contributed by atoms with Crippen molar-refractivity contribution in [3.05, 3.63) is 21.4 Å². The van der Waals surface area contributed by atoms with Crippen LogP contribution in [0.5, 0.6) is 0 Å². The summed E-state index contributed by atoms with van der Waals surface area (Å²) < 4.78 is 0. The molecule has 1 aliphatic rings. The topological polar surface area (TPSA) is 55.1 Å². The SMILES string of the molecule is CC(C)(C)[C@@H]1CCc2cc(C(=O)NN)sc2C1. The van der Waals surface area contributed by atoms with E-state index in [1.807, 2.05) is 6.07 Å². The molecule has 1 aromatic heterocycles. The Kier molecular flexibility index (Phi) is 3.27. The molecular formula is C13H20N2OS. The van der Waals surface area contributed by atoms with Crippen LogP contribution in [0, 0.1) is 11.3 Å². The van der Waals surface area contributed by atoms with Crippen LogP contribution in [-0.2, 0) is 12.8 Å². The molecule has 1 aliphatic carbocycles. The van der Waals surface area contributed by atoms with Crippen LogP contribution < -0.4 is 11.3 Å². The van der Waals surface area contributed by atoms with Crippen LogP contribution in [0.4, 0.5) is 0 Å². The number of hydrogen-bond acceptors (Lipinski definition) is 3. The van der Waals surface area contributed by atoms with Gasteiger partial charge >= 0.3 is 0 Å². The van der Waals surface area contributed by atoms with Gasteiger partial charge in [-0.15, -0.1) is 11.3 Å². The summed E-state index contributed by atoms with van der Waals surface area (Å²) in [6, 6.07) is 2.00. The quantitative estimate of drug-likeness (QED) is 0.458. The largest absolute Gasteiger partial charge is 0.289 e. The summed E-state index contributed by atoms with van der Waals surface area (Å²) in [5, 5.41) is 0. The number of hydrogen-bond donors (Lipinski definition) is 2. The summed E-state index contributed by atoms with van der Waals surface area (Å²) in [5.41, 5.74) is 3.89. The first-order valence-electron chi connectivity index (χ1n) is 6.04. The van der Waals surface area contributed by atoms with Gasteiger partial charge in [-0.3, -0.25) is 10.2 Å². The van der Waals surface area contributed by atoms with Gasteiger partial charge in [0.2, 0.25) is 0 Å². The zero-order chi connectivity index (χ0) is 12.6. The molecule has 1 aromatic rings. The summed E-state index contributed by atoms with van der Waals surface area (Å²) in [6.07, 6.45) is 3.41. The van der Waals surface area contributed by atoms with E-state index in [-0.39, 0.29) is 5.91 Å². The highest BCUT2D eigenvalue weighted by Gasteiger charge is 2.30. The molecule has 1 amide bonds. The Labute approximate surface area is 106 Å². The molecule has 2 rings (SSSR count). The maximum Gasteiger partial charge on any atom is 0.275 e. The van der Waals surface area contributed by atoms with Crippen LogP contribution in [0.15, 0.2) is 6.07 Å². The molecule has 0 saturated heterocycles. The van der Waals surface area contributed by atoms with Crippen molar-refractivity contribution in [2.24, 2.45) is 17.2 Å². The third-order valence-electron chi connectivity index (χ3n) is 3.67. The first kappa shape index (κ1) is 12.6. The molecule has 0 saturated carbocycles. The summed E-state index contributed by atoms with van der Waals surface area (Å²) in [6.45, 7) is 6.89. The van der Waals surface area contributed by atoms with Gasteiger partial charge in [-0.25, -0.2) is 5.84 Å². The first-order valence-corrected chi connectivity index (χ1v) is 6.86. The lowest BCUT2D eigenvalue weighted by atomic mass is 9.73. The number of carbonyl (C=O) groups is 1. The van der Waals surface area contributed by atoms with Crippen molar-refractivity contribution in [2.45, 2.75) is 40.0 Å². The summed E-state index contributed by atoms with van der Waals surface area (Å²) in [5.74, 6) is 5.71. The lowest BCUT2D eigenvalue weighted by Gasteiger charge is -2.33. The molecule has 94 valence electrons. The molecule has 0 aromatic carbocycles. The zero-order valence-electron chi connectivity index (χ0n) is 10.7. The fourth-order valence-corrected chi connectivity index (χ4v) is 3.62. The van der Waals surface area contributed by atoms with E-state index in [4.69, 9.17) is 5.84 Å². The Balaban J connectivity index is 2.21. The average Bonchev–Trinajstić information content (AvgIpc) is 2.69. The number of fused-ring (bicyclic) bond motifs is 1. The standard InChI is InChI=1S/C13H20N2OS/c1-13(2,3)9-5-4-8-6-11(12(16)15-14)17-10(8)7-9/h6,9H,4-5,7,14H2,1-3H3,(H,15,16)/t9-/m1/s1. The van der Waals surface area contributed by atoms with Gasteiger partial charge in [0.05, 0.1) is 4.88 Å². The normalized spacial score (nSPS) is 19.9. The van der Waals surface area contributed by atoms with Gasteiger partial charge in [0.25, 0.3) is 5.91 Å². The number of nitrogen functional groups attached to an aromatic ring is 1. The average molecular weight is 252 g/mol. The summed E-state index contributed by atoms with van der Waals surface area (Å²) >= 11 is 1.60. The van der Waals surface area contributed by atoms with Crippen molar-refractivity contribution in [1.29, 1.82) is 0 Å². The fraction of sp³-hybridized carbons (Fsp3) is 0.615. The fourth-order valence-electron chi connectivity index (χ4n) is 2.43. The van der Waals surface area contributed by atoms with Gasteiger partial charge in [0.15, 0.2) is 0 Å². The highest BCUT2D eigenvalue weighted by atomic mass is 32.1. The van der Waals surface area contributed by atoms with Crippen molar-refractivity contribution in [3.8, 4) is 0 Å². The van der Waals surface area contributed by atoms with Gasteiger partial charge in [-0.05, 0) is 42.2 Å². The van der Waals surface area contributed by atoms with Crippen molar-refractivity contribution >= 4 is 17.2 Å². The molecular weight excluding hydrogens is 232 g/mol. The van der Waals surface area contributed by atoms with E-state index in [1.54, 1.807) is 11.3 Å². The molecule has 0 radical (unpaired) electrons. The second kappa shape index (κ2) is 4.42. The zero-order valence-corrected chi connectivity index (χ0v) is 11.5. The number of nitrogens with one attached hydrogen (secondary N) is 1. The van der Waals surface area contributed by atoms with Crippen molar-refractivity contribution < 1.29 is 4.79 Å². The molecule has 0 fully saturated rings. The van der Waals surface area contributed by atoms with Crippen molar-refractivity contribution in [2.75, 3.05) is 0 Å². The molecule has 3 N–H and O–H groups in total. The second-order valence-electron chi connectivity index (χ2n) is 5.84. The number of rotatable bonds is 1. The van der Waals surface area contributed by atoms with Gasteiger partial charge in [-0.1, -0.05) is 20.8 Å². The predicted octanol–water partition coefficient (Wildman–Crippen LogP) is 2.50. The molecule has 0 spiro atoms. The maximum absolute atomic E-state index is 11.5. The summed E-state index contributed by atoms with van der Waals surface area (Å²) in [7, 11) is 0. The van der Waals surface area contributed by atoms with Gasteiger partial charge in [0.1, 0.15) is 0 Å².